The highest BCUT2D eigenvalue weighted by atomic mass is 16.5. The Morgan fingerprint density at radius 1 is 1.38 bits per heavy atom. The fraction of sp³-hybridized carbons (Fsp3) is 0.625. The first kappa shape index (κ1) is 15.3. The minimum absolute atomic E-state index is 0.0520. The molecule has 4 heterocycles. The molecule has 2 atom stereocenters. The number of amides is 1. The predicted octanol–water partition coefficient (Wildman–Crippen LogP) is 0.772. The summed E-state index contributed by atoms with van der Waals surface area (Å²) in [5.74, 6) is 0.0892. The summed E-state index contributed by atoms with van der Waals surface area (Å²) in [6, 6.07) is 0.0520. The van der Waals surface area contributed by atoms with Gasteiger partial charge in [-0.1, -0.05) is 5.21 Å². The molecular formula is C16H22N6O2. The van der Waals surface area contributed by atoms with Gasteiger partial charge in [0.05, 0.1) is 36.3 Å². The van der Waals surface area contributed by atoms with E-state index in [1.165, 1.54) is 0 Å². The Morgan fingerprint density at radius 3 is 2.96 bits per heavy atom. The molecule has 0 bridgehead atoms. The summed E-state index contributed by atoms with van der Waals surface area (Å²) >= 11 is 0. The maximum Gasteiger partial charge on any atom is 0.244 e. The third kappa shape index (κ3) is 2.41. The van der Waals surface area contributed by atoms with Gasteiger partial charge >= 0.3 is 0 Å². The normalized spacial score (nSPS) is 23.0. The number of likely N-dealkylation sites (tertiary alicyclic amines) is 1. The van der Waals surface area contributed by atoms with Gasteiger partial charge in [0, 0.05) is 18.8 Å². The zero-order valence-electron chi connectivity index (χ0n) is 14.3. The Hall–Kier alpha value is -2.22. The number of hydrogen-bond donors (Lipinski definition) is 0. The molecule has 4 rings (SSSR count). The summed E-state index contributed by atoms with van der Waals surface area (Å²) in [7, 11) is 0. The number of hydrogen-bond acceptors (Lipinski definition) is 5. The van der Waals surface area contributed by atoms with Crippen LogP contribution in [0, 0.1) is 20.8 Å². The fourth-order valence-electron chi connectivity index (χ4n) is 3.57. The van der Waals surface area contributed by atoms with Crippen molar-refractivity contribution in [1.82, 2.24) is 29.7 Å². The fourth-order valence-corrected chi connectivity index (χ4v) is 3.57. The van der Waals surface area contributed by atoms with Gasteiger partial charge in [-0.25, -0.2) is 4.68 Å². The zero-order chi connectivity index (χ0) is 16.8. The highest BCUT2D eigenvalue weighted by Gasteiger charge is 2.37. The number of aryl methyl sites for hydroxylation is 1. The van der Waals surface area contributed by atoms with Crippen molar-refractivity contribution >= 4 is 5.91 Å². The van der Waals surface area contributed by atoms with Crippen LogP contribution < -0.4 is 0 Å². The second-order valence-corrected chi connectivity index (χ2v) is 6.67. The standard InChI is InChI=1S/C16H22N6O2/c1-10-11(2)18-21(12(10)3)8-16(23)20-5-4-15-14(7-20)22-13(9-24-15)6-17-19-22/h6,14-15H,4-5,7-9H2,1-3H3. The molecule has 1 amide bonds. The van der Waals surface area contributed by atoms with Gasteiger partial charge in [0.2, 0.25) is 5.91 Å². The van der Waals surface area contributed by atoms with Gasteiger partial charge in [0.25, 0.3) is 0 Å². The average Bonchev–Trinajstić information content (AvgIpc) is 3.16. The summed E-state index contributed by atoms with van der Waals surface area (Å²) in [6.45, 7) is 8.16. The number of carbonyl (C=O) groups is 1. The van der Waals surface area contributed by atoms with Crippen LogP contribution in [0.1, 0.15) is 35.1 Å². The van der Waals surface area contributed by atoms with E-state index in [0.717, 1.165) is 29.1 Å². The quantitative estimate of drug-likeness (QED) is 0.813. The average molecular weight is 330 g/mol. The maximum atomic E-state index is 12.7. The maximum absolute atomic E-state index is 12.7. The van der Waals surface area contributed by atoms with E-state index in [0.29, 0.717) is 19.7 Å². The third-order valence-electron chi connectivity index (χ3n) is 5.31. The van der Waals surface area contributed by atoms with Crippen LogP contribution in [0.25, 0.3) is 0 Å². The molecule has 8 heteroatoms. The minimum atomic E-state index is 0.0520. The molecule has 0 aromatic carbocycles. The zero-order valence-corrected chi connectivity index (χ0v) is 14.3. The van der Waals surface area contributed by atoms with Gasteiger partial charge in [0.1, 0.15) is 6.54 Å². The molecule has 0 N–H and O–H groups in total. The van der Waals surface area contributed by atoms with Gasteiger partial charge in [-0.05, 0) is 32.8 Å². The second kappa shape index (κ2) is 5.70. The molecule has 2 aliphatic heterocycles. The first-order valence-electron chi connectivity index (χ1n) is 8.33. The molecule has 2 aromatic rings. The van der Waals surface area contributed by atoms with E-state index in [4.69, 9.17) is 4.74 Å². The monoisotopic (exact) mass is 330 g/mol. The number of nitrogens with zero attached hydrogens (tertiary/aromatic N) is 6. The van der Waals surface area contributed by atoms with E-state index < -0.39 is 0 Å². The lowest BCUT2D eigenvalue weighted by Gasteiger charge is -2.41. The molecule has 8 nitrogen and oxygen atoms in total. The van der Waals surface area contributed by atoms with Gasteiger partial charge in [-0.2, -0.15) is 5.10 Å². The lowest BCUT2D eigenvalue weighted by atomic mass is 10.0. The molecule has 1 saturated heterocycles. The smallest absolute Gasteiger partial charge is 0.244 e. The van der Waals surface area contributed by atoms with Crippen molar-refractivity contribution in [2.45, 2.75) is 52.5 Å². The van der Waals surface area contributed by atoms with Crippen LogP contribution in [0.15, 0.2) is 6.20 Å². The highest BCUT2D eigenvalue weighted by molar-refractivity contribution is 5.76. The van der Waals surface area contributed by atoms with Crippen molar-refractivity contribution in [3.05, 3.63) is 28.8 Å². The number of fused-ring (bicyclic) bond motifs is 3. The molecule has 0 spiro atoms. The van der Waals surface area contributed by atoms with E-state index in [9.17, 15) is 4.79 Å². The van der Waals surface area contributed by atoms with Crippen LogP contribution in [0.5, 0.6) is 0 Å². The van der Waals surface area contributed by atoms with Crippen molar-refractivity contribution in [2.75, 3.05) is 13.1 Å². The van der Waals surface area contributed by atoms with Crippen LogP contribution in [0.4, 0.5) is 0 Å². The van der Waals surface area contributed by atoms with Gasteiger partial charge in [-0.15, -0.1) is 5.10 Å². The van der Waals surface area contributed by atoms with Crippen molar-refractivity contribution in [3.8, 4) is 0 Å². The molecule has 128 valence electrons. The molecule has 1 fully saturated rings. The summed E-state index contributed by atoms with van der Waals surface area (Å²) in [5.41, 5.74) is 4.15. The van der Waals surface area contributed by atoms with Crippen molar-refractivity contribution < 1.29 is 9.53 Å². The van der Waals surface area contributed by atoms with Crippen molar-refractivity contribution in [3.63, 3.8) is 0 Å². The Kier molecular flexibility index (Phi) is 3.64. The number of ether oxygens (including phenoxy) is 1. The van der Waals surface area contributed by atoms with Gasteiger partial charge in [-0.3, -0.25) is 9.48 Å². The van der Waals surface area contributed by atoms with Crippen LogP contribution in [0.2, 0.25) is 0 Å². The third-order valence-corrected chi connectivity index (χ3v) is 5.31. The molecular weight excluding hydrogens is 308 g/mol. The predicted molar refractivity (Wildman–Crippen MR) is 85.3 cm³/mol. The molecule has 0 aliphatic carbocycles. The van der Waals surface area contributed by atoms with E-state index in [-0.39, 0.29) is 24.6 Å². The van der Waals surface area contributed by atoms with Crippen molar-refractivity contribution in [2.24, 2.45) is 0 Å². The molecule has 24 heavy (non-hydrogen) atoms. The number of carbonyl (C=O) groups excluding carboxylic acids is 1. The Morgan fingerprint density at radius 2 is 2.21 bits per heavy atom. The molecule has 2 unspecified atom stereocenters. The number of aromatic nitrogens is 5. The van der Waals surface area contributed by atoms with E-state index in [2.05, 4.69) is 15.4 Å². The molecule has 2 aromatic heterocycles. The van der Waals surface area contributed by atoms with E-state index in [1.54, 1.807) is 10.9 Å². The van der Waals surface area contributed by atoms with Crippen LogP contribution in [-0.2, 0) is 22.7 Å². The van der Waals surface area contributed by atoms with Crippen LogP contribution in [-0.4, -0.2) is 54.8 Å². The Labute approximate surface area is 140 Å². The summed E-state index contributed by atoms with van der Waals surface area (Å²) in [5, 5.41) is 12.6. The highest BCUT2D eigenvalue weighted by Crippen LogP contribution is 2.30. The van der Waals surface area contributed by atoms with E-state index in [1.807, 2.05) is 30.4 Å². The largest absolute Gasteiger partial charge is 0.370 e. The van der Waals surface area contributed by atoms with Crippen LogP contribution in [0.3, 0.4) is 0 Å². The minimum Gasteiger partial charge on any atom is -0.370 e. The lowest BCUT2D eigenvalue weighted by Crippen LogP contribution is -2.50. The van der Waals surface area contributed by atoms with Crippen LogP contribution >= 0.6 is 0 Å². The molecule has 0 radical (unpaired) electrons. The first-order valence-corrected chi connectivity index (χ1v) is 8.33. The Bertz CT molecular complexity index is 780. The lowest BCUT2D eigenvalue weighted by molar-refractivity contribution is -0.138. The first-order chi connectivity index (χ1) is 11.5. The van der Waals surface area contributed by atoms with E-state index >= 15 is 0 Å². The van der Waals surface area contributed by atoms with Gasteiger partial charge in [0.15, 0.2) is 0 Å². The topological polar surface area (TPSA) is 78.1 Å². The molecule has 0 saturated carbocycles. The summed E-state index contributed by atoms with van der Waals surface area (Å²) in [6.07, 6.45) is 2.67. The Balaban J connectivity index is 1.50. The summed E-state index contributed by atoms with van der Waals surface area (Å²) in [4.78, 5) is 14.6. The van der Waals surface area contributed by atoms with Gasteiger partial charge < -0.3 is 9.64 Å². The number of piperidine rings is 1. The second-order valence-electron chi connectivity index (χ2n) is 6.67. The summed E-state index contributed by atoms with van der Waals surface area (Å²) < 4.78 is 9.62. The molecule has 2 aliphatic rings. The van der Waals surface area contributed by atoms with Crippen molar-refractivity contribution in [1.29, 1.82) is 0 Å². The number of rotatable bonds is 2. The SMILES string of the molecule is Cc1nn(CC(=O)N2CCC3OCc4cnnn4C3C2)c(C)c1C.